The van der Waals surface area contributed by atoms with Crippen molar-refractivity contribution in [2.45, 2.75) is 0 Å². The average Bonchev–Trinajstić information content (AvgIpc) is 2.67. The van der Waals surface area contributed by atoms with Crippen molar-refractivity contribution in [2.24, 2.45) is 0 Å². The highest BCUT2D eigenvalue weighted by Crippen LogP contribution is 1.97. The normalized spacial score (nSPS) is 12.6. The van der Waals surface area contributed by atoms with Gasteiger partial charge in [-0.3, -0.25) is 0 Å². The van der Waals surface area contributed by atoms with Gasteiger partial charge >= 0.3 is 6.15 Å². The molecule has 16 heavy (non-hydrogen) atoms. The maximum Gasteiger partial charge on any atom is 0.383 e. The van der Waals surface area contributed by atoms with Crippen molar-refractivity contribution < 1.29 is 0 Å². The summed E-state index contributed by atoms with van der Waals surface area (Å²) < 4.78 is 0. The van der Waals surface area contributed by atoms with Crippen LogP contribution in [0, 0.1) is 44.9 Å². The van der Waals surface area contributed by atoms with Crippen molar-refractivity contribution >= 4 is 6.15 Å². The van der Waals surface area contributed by atoms with Gasteiger partial charge in [0.2, 0.25) is 0 Å². The summed E-state index contributed by atoms with van der Waals surface area (Å²) >= 11 is 0. The summed E-state index contributed by atoms with van der Waals surface area (Å²) in [7, 11) is 4.11. The number of hydrogen-bond acceptors (Lipinski definition) is 6. The van der Waals surface area contributed by atoms with Gasteiger partial charge in [-0.05, 0) is 0 Å². The monoisotopic (exact) mass is 213 g/mol. The molecule has 0 radical (unpaired) electrons. The molecule has 1 aliphatic heterocycles. The van der Waals surface area contributed by atoms with E-state index in [1.165, 1.54) is 23.9 Å². The fourth-order valence-electron chi connectivity index (χ4n) is 0.847. The summed E-state index contributed by atoms with van der Waals surface area (Å²) in [6, 6.07) is 0. The van der Waals surface area contributed by atoms with Crippen molar-refractivity contribution in [2.75, 3.05) is 20.8 Å². The Labute approximate surface area is 94.7 Å². The number of nitriles is 4. The Morgan fingerprint density at radius 3 is 1.25 bits per heavy atom. The van der Waals surface area contributed by atoms with Gasteiger partial charge in [-0.1, -0.05) is 0 Å². The van der Waals surface area contributed by atoms with Crippen LogP contribution in [-0.2, 0) is 0 Å². The van der Waals surface area contributed by atoms with Gasteiger partial charge in [0.15, 0.2) is 0 Å². The maximum atomic E-state index is 8.09. The molecule has 0 amide bonds. The second kappa shape index (κ2) is 5.96. The molecule has 1 aliphatic rings. The third kappa shape index (κ3) is 3.62. The van der Waals surface area contributed by atoms with E-state index in [0.717, 1.165) is 6.67 Å². The van der Waals surface area contributed by atoms with Crippen LogP contribution in [0.25, 0.3) is 0 Å². The summed E-state index contributed by atoms with van der Waals surface area (Å²) in [4.78, 5) is 4.25. The van der Waals surface area contributed by atoms with E-state index in [1.807, 2.05) is 0 Å². The van der Waals surface area contributed by atoms with Gasteiger partial charge in [-0.25, -0.2) is 21.0 Å². The highest BCUT2D eigenvalue weighted by molar-refractivity contribution is 7.05. The molecule has 0 spiro atoms. The lowest BCUT2D eigenvalue weighted by Gasteiger charge is -2.10. The first-order valence-electron chi connectivity index (χ1n) is 4.43. The quantitative estimate of drug-likeness (QED) is 0.524. The smallest absolute Gasteiger partial charge is 0.362 e. The van der Waals surface area contributed by atoms with Gasteiger partial charge in [-0.2, -0.15) is 0 Å². The maximum absolute atomic E-state index is 8.09. The fourth-order valence-corrected chi connectivity index (χ4v) is 0.847. The van der Waals surface area contributed by atoms with Crippen LogP contribution in [0.2, 0.25) is 0 Å². The van der Waals surface area contributed by atoms with Gasteiger partial charge in [-0.15, -0.1) is 23.9 Å². The highest BCUT2D eigenvalue weighted by atomic mass is 15.3. The largest absolute Gasteiger partial charge is 0.383 e. The molecule has 0 unspecified atom stereocenters. The van der Waals surface area contributed by atoms with Crippen LogP contribution in [0.3, 0.4) is 0 Å². The predicted octanol–water partition coefficient (Wildman–Crippen LogP) is -0.0214. The van der Waals surface area contributed by atoms with Crippen molar-refractivity contribution in [1.29, 1.82) is 21.0 Å². The lowest BCUT2D eigenvalue weighted by atomic mass is 9.30. The third-order valence-corrected chi connectivity index (χ3v) is 1.80. The second-order valence-electron chi connectivity index (χ2n) is 3.34. The first-order chi connectivity index (χ1) is 7.53. The van der Waals surface area contributed by atoms with E-state index < -0.39 is 6.15 Å². The summed E-state index contributed by atoms with van der Waals surface area (Å²) in [6.45, 7) is 1.03. The molecule has 7 heteroatoms. The van der Waals surface area contributed by atoms with E-state index in [0.29, 0.717) is 0 Å². The standard InChI is InChI=1S/C5H10N2.C4BN4/c1-6-3-4-7(2)5-6;6-1-5(2-7,3-8)4-9/h3-4H,5H2,1-2H3;/q;-1. The molecule has 6 nitrogen and oxygen atoms in total. The third-order valence-electron chi connectivity index (χ3n) is 1.80. The Bertz CT molecular complexity index is 357. The Kier molecular flexibility index (Phi) is 4.98. The first kappa shape index (κ1) is 13.4. The molecule has 0 atom stereocenters. The van der Waals surface area contributed by atoms with Crippen LogP contribution in [-0.4, -0.2) is 36.7 Å². The Hall–Kier alpha value is -2.64. The summed E-state index contributed by atoms with van der Waals surface area (Å²) in [5.41, 5.74) is 0. The minimum absolute atomic E-state index is 1.03. The minimum atomic E-state index is -2.72. The van der Waals surface area contributed by atoms with E-state index in [-0.39, 0.29) is 0 Å². The molecular formula is C9H10BN6-. The Morgan fingerprint density at radius 1 is 0.875 bits per heavy atom. The minimum Gasteiger partial charge on any atom is -0.362 e. The fraction of sp³-hybridized carbons (Fsp3) is 0.333. The molecular weight excluding hydrogens is 203 g/mol. The molecule has 0 aromatic rings. The summed E-state index contributed by atoms with van der Waals surface area (Å²) in [6.07, 6.45) is 1.39. The molecule has 0 N–H and O–H groups in total. The SMILES string of the molecule is CN1C=CN(C)C1.N#C[B-](C#N)(C#N)C#N. The lowest BCUT2D eigenvalue weighted by Crippen LogP contribution is -2.26. The molecule has 0 fully saturated rings. The van der Waals surface area contributed by atoms with E-state index in [2.05, 4.69) is 36.3 Å². The molecule has 1 rings (SSSR count). The number of nitrogens with zero attached hydrogens (tertiary/aromatic N) is 6. The molecule has 0 saturated carbocycles. The molecule has 0 bridgehead atoms. The number of hydrogen-bond donors (Lipinski definition) is 0. The van der Waals surface area contributed by atoms with E-state index in [9.17, 15) is 0 Å². The zero-order valence-electron chi connectivity index (χ0n) is 9.12. The zero-order chi connectivity index (χ0) is 12.6. The van der Waals surface area contributed by atoms with Crippen molar-refractivity contribution in [3.63, 3.8) is 0 Å². The Balaban J connectivity index is 0.000000288. The van der Waals surface area contributed by atoms with Gasteiger partial charge in [0.05, 0.1) is 6.67 Å². The van der Waals surface area contributed by atoms with E-state index in [1.54, 1.807) is 0 Å². The summed E-state index contributed by atoms with van der Waals surface area (Å²) in [5.74, 6) is 5.38. The van der Waals surface area contributed by atoms with Crippen molar-refractivity contribution in [3.8, 4) is 23.9 Å². The molecule has 0 aromatic heterocycles. The van der Waals surface area contributed by atoms with Crippen LogP contribution in [0.5, 0.6) is 0 Å². The van der Waals surface area contributed by atoms with Crippen LogP contribution >= 0.6 is 0 Å². The van der Waals surface area contributed by atoms with Crippen LogP contribution in [0.1, 0.15) is 0 Å². The number of rotatable bonds is 0. The first-order valence-corrected chi connectivity index (χ1v) is 4.43. The highest BCUT2D eigenvalue weighted by Gasteiger charge is 2.22. The van der Waals surface area contributed by atoms with Gasteiger partial charge in [0.25, 0.3) is 0 Å². The predicted molar refractivity (Wildman–Crippen MR) is 57.7 cm³/mol. The molecule has 0 saturated heterocycles. The lowest BCUT2D eigenvalue weighted by molar-refractivity contribution is 0.340. The topological polar surface area (TPSA) is 102 Å². The zero-order valence-corrected chi connectivity index (χ0v) is 9.12. The molecule has 1 heterocycles. The van der Waals surface area contributed by atoms with E-state index in [4.69, 9.17) is 21.0 Å². The van der Waals surface area contributed by atoms with Crippen molar-refractivity contribution in [3.05, 3.63) is 12.4 Å². The summed E-state index contributed by atoms with van der Waals surface area (Å²) in [5, 5.41) is 32.3. The Morgan fingerprint density at radius 2 is 1.19 bits per heavy atom. The molecule has 80 valence electrons. The van der Waals surface area contributed by atoms with Crippen LogP contribution < -0.4 is 0 Å². The second-order valence-corrected chi connectivity index (χ2v) is 3.34. The van der Waals surface area contributed by atoms with Gasteiger partial charge in [0, 0.05) is 26.5 Å². The molecule has 0 aliphatic carbocycles. The van der Waals surface area contributed by atoms with Crippen molar-refractivity contribution in [1.82, 2.24) is 9.80 Å². The van der Waals surface area contributed by atoms with Crippen LogP contribution in [0.4, 0.5) is 0 Å². The van der Waals surface area contributed by atoms with E-state index >= 15 is 0 Å². The molecule has 0 aromatic carbocycles. The average molecular weight is 213 g/mol. The van der Waals surface area contributed by atoms with Gasteiger partial charge in [0.1, 0.15) is 0 Å². The van der Waals surface area contributed by atoms with Crippen LogP contribution in [0.15, 0.2) is 12.4 Å². The van der Waals surface area contributed by atoms with Gasteiger partial charge < -0.3 is 9.80 Å².